The highest BCUT2D eigenvalue weighted by molar-refractivity contribution is 9.10. The predicted molar refractivity (Wildman–Crippen MR) is 75.5 cm³/mol. The average molecular weight is 328 g/mol. The number of fused-ring (bicyclic) bond motifs is 1. The average Bonchev–Trinajstić information content (AvgIpc) is 2.94. The minimum absolute atomic E-state index is 0.0375. The van der Waals surface area contributed by atoms with Crippen LogP contribution in [-0.2, 0) is 11.3 Å². The minimum Gasteiger partial charge on any atom is -0.454 e. The SMILES string of the molecule is CC1OCCC1(C)NCc1cc2c(cc1Br)OCO2. The van der Waals surface area contributed by atoms with Gasteiger partial charge in [-0.25, -0.2) is 0 Å². The highest BCUT2D eigenvalue weighted by atomic mass is 79.9. The van der Waals surface area contributed by atoms with Crippen LogP contribution < -0.4 is 14.8 Å². The van der Waals surface area contributed by atoms with Crippen LogP contribution in [0.25, 0.3) is 0 Å². The number of hydrogen-bond acceptors (Lipinski definition) is 4. The molecule has 1 fully saturated rings. The maximum atomic E-state index is 5.64. The van der Waals surface area contributed by atoms with Gasteiger partial charge in [0.25, 0.3) is 0 Å². The fourth-order valence-electron chi connectivity index (χ4n) is 2.46. The molecule has 0 amide bonds. The number of nitrogens with one attached hydrogen (secondary N) is 1. The standard InChI is InChI=1S/C14H18BrNO3/c1-9-14(2,3-4-17-9)16-7-10-5-12-13(6-11(10)15)19-8-18-12/h5-6,9,16H,3-4,7-8H2,1-2H3. The van der Waals surface area contributed by atoms with Crippen LogP contribution in [0.4, 0.5) is 0 Å². The molecule has 19 heavy (non-hydrogen) atoms. The fraction of sp³-hybridized carbons (Fsp3) is 0.571. The van der Waals surface area contributed by atoms with Crippen LogP contribution in [0, 0.1) is 0 Å². The first-order valence-corrected chi connectivity index (χ1v) is 7.32. The zero-order valence-electron chi connectivity index (χ0n) is 11.2. The summed E-state index contributed by atoms with van der Waals surface area (Å²) in [6.45, 7) is 6.25. The molecule has 1 aromatic rings. The first kappa shape index (κ1) is 13.2. The van der Waals surface area contributed by atoms with Crippen molar-refractivity contribution >= 4 is 15.9 Å². The van der Waals surface area contributed by atoms with E-state index < -0.39 is 0 Å². The Morgan fingerprint density at radius 2 is 2.11 bits per heavy atom. The third-order valence-corrected chi connectivity index (χ3v) is 4.85. The van der Waals surface area contributed by atoms with Gasteiger partial charge in [0.15, 0.2) is 11.5 Å². The highest BCUT2D eigenvalue weighted by Gasteiger charge is 2.36. The molecule has 2 unspecified atom stereocenters. The van der Waals surface area contributed by atoms with Crippen LogP contribution in [-0.4, -0.2) is 25.0 Å². The molecule has 2 heterocycles. The summed E-state index contributed by atoms with van der Waals surface area (Å²) >= 11 is 3.59. The highest BCUT2D eigenvalue weighted by Crippen LogP contribution is 2.37. The van der Waals surface area contributed by atoms with E-state index in [0.717, 1.165) is 35.5 Å². The Hall–Kier alpha value is -0.780. The number of benzene rings is 1. The van der Waals surface area contributed by atoms with E-state index >= 15 is 0 Å². The van der Waals surface area contributed by atoms with Gasteiger partial charge >= 0.3 is 0 Å². The molecule has 104 valence electrons. The van der Waals surface area contributed by atoms with Gasteiger partial charge in [-0.2, -0.15) is 0 Å². The van der Waals surface area contributed by atoms with Gasteiger partial charge in [-0.1, -0.05) is 15.9 Å². The molecule has 1 aromatic carbocycles. The molecule has 0 aliphatic carbocycles. The zero-order chi connectivity index (χ0) is 13.5. The molecule has 4 nitrogen and oxygen atoms in total. The first-order chi connectivity index (χ1) is 9.08. The van der Waals surface area contributed by atoms with Crippen molar-refractivity contribution in [1.29, 1.82) is 0 Å². The molecule has 1 saturated heterocycles. The van der Waals surface area contributed by atoms with Crippen LogP contribution >= 0.6 is 15.9 Å². The van der Waals surface area contributed by atoms with E-state index in [1.54, 1.807) is 0 Å². The van der Waals surface area contributed by atoms with E-state index in [0.29, 0.717) is 6.79 Å². The smallest absolute Gasteiger partial charge is 0.231 e. The molecule has 2 aliphatic heterocycles. The van der Waals surface area contributed by atoms with Gasteiger partial charge in [-0.05, 0) is 38.0 Å². The Labute approximate surface area is 121 Å². The van der Waals surface area contributed by atoms with Crippen molar-refractivity contribution in [3.8, 4) is 11.5 Å². The molecular weight excluding hydrogens is 310 g/mol. The molecule has 0 bridgehead atoms. The van der Waals surface area contributed by atoms with Crippen molar-refractivity contribution in [3.05, 3.63) is 22.2 Å². The van der Waals surface area contributed by atoms with Crippen LogP contribution in [0.5, 0.6) is 11.5 Å². The number of rotatable bonds is 3. The number of hydrogen-bond donors (Lipinski definition) is 1. The third-order valence-electron chi connectivity index (χ3n) is 4.11. The summed E-state index contributed by atoms with van der Waals surface area (Å²) in [6.07, 6.45) is 1.27. The van der Waals surface area contributed by atoms with E-state index in [1.807, 2.05) is 12.1 Å². The molecule has 0 saturated carbocycles. The summed E-state index contributed by atoms with van der Waals surface area (Å²) in [4.78, 5) is 0. The monoisotopic (exact) mass is 327 g/mol. The summed E-state index contributed by atoms with van der Waals surface area (Å²) in [6, 6.07) is 4.00. The Morgan fingerprint density at radius 3 is 2.79 bits per heavy atom. The van der Waals surface area contributed by atoms with Crippen LogP contribution in [0.2, 0.25) is 0 Å². The van der Waals surface area contributed by atoms with Crippen LogP contribution in [0.15, 0.2) is 16.6 Å². The van der Waals surface area contributed by atoms with Gasteiger partial charge in [0.2, 0.25) is 6.79 Å². The van der Waals surface area contributed by atoms with E-state index in [9.17, 15) is 0 Å². The summed E-state index contributed by atoms with van der Waals surface area (Å²) < 4.78 is 17.5. The van der Waals surface area contributed by atoms with Crippen molar-refractivity contribution in [2.24, 2.45) is 0 Å². The summed E-state index contributed by atoms with van der Waals surface area (Å²) in [7, 11) is 0. The van der Waals surface area contributed by atoms with E-state index in [1.165, 1.54) is 5.56 Å². The Balaban J connectivity index is 1.73. The maximum absolute atomic E-state index is 5.64. The number of halogens is 1. The van der Waals surface area contributed by atoms with E-state index in [2.05, 4.69) is 35.1 Å². The Bertz CT molecular complexity index is 494. The fourth-order valence-corrected chi connectivity index (χ4v) is 2.92. The minimum atomic E-state index is 0.0375. The lowest BCUT2D eigenvalue weighted by Gasteiger charge is -2.29. The van der Waals surface area contributed by atoms with Crippen molar-refractivity contribution in [2.75, 3.05) is 13.4 Å². The molecule has 0 aromatic heterocycles. The second-order valence-corrected chi connectivity index (χ2v) is 6.19. The lowest BCUT2D eigenvalue weighted by atomic mass is 9.94. The second-order valence-electron chi connectivity index (χ2n) is 5.33. The maximum Gasteiger partial charge on any atom is 0.231 e. The Morgan fingerprint density at radius 1 is 1.37 bits per heavy atom. The largest absolute Gasteiger partial charge is 0.454 e. The number of ether oxygens (including phenoxy) is 3. The van der Waals surface area contributed by atoms with Gasteiger partial charge in [0.05, 0.1) is 6.10 Å². The van der Waals surface area contributed by atoms with Crippen molar-refractivity contribution in [2.45, 2.75) is 38.5 Å². The molecule has 2 aliphatic rings. The van der Waals surface area contributed by atoms with Crippen LogP contribution in [0.3, 0.4) is 0 Å². The first-order valence-electron chi connectivity index (χ1n) is 6.53. The summed E-state index contributed by atoms with van der Waals surface area (Å²) in [5.41, 5.74) is 1.21. The zero-order valence-corrected chi connectivity index (χ0v) is 12.7. The molecule has 0 radical (unpaired) electrons. The lowest BCUT2D eigenvalue weighted by Crippen LogP contribution is -2.47. The lowest BCUT2D eigenvalue weighted by molar-refractivity contribution is 0.0881. The second kappa shape index (κ2) is 4.96. The molecule has 3 rings (SSSR count). The van der Waals surface area contributed by atoms with E-state index in [4.69, 9.17) is 14.2 Å². The normalized spacial score (nSPS) is 28.9. The van der Waals surface area contributed by atoms with Gasteiger partial charge in [0, 0.05) is 23.2 Å². The Kier molecular flexibility index (Phi) is 3.45. The summed E-state index contributed by atoms with van der Waals surface area (Å²) in [5, 5.41) is 3.60. The van der Waals surface area contributed by atoms with Gasteiger partial charge in [-0.15, -0.1) is 0 Å². The van der Waals surface area contributed by atoms with E-state index in [-0.39, 0.29) is 11.6 Å². The topological polar surface area (TPSA) is 39.7 Å². The predicted octanol–water partition coefficient (Wildman–Crippen LogP) is 2.83. The molecule has 5 heteroatoms. The van der Waals surface area contributed by atoms with Crippen molar-refractivity contribution in [1.82, 2.24) is 5.32 Å². The molecule has 1 N–H and O–H groups in total. The summed E-state index contributed by atoms with van der Waals surface area (Å²) in [5.74, 6) is 1.63. The third kappa shape index (κ3) is 2.47. The van der Waals surface area contributed by atoms with Crippen molar-refractivity contribution < 1.29 is 14.2 Å². The van der Waals surface area contributed by atoms with Gasteiger partial charge < -0.3 is 19.5 Å². The van der Waals surface area contributed by atoms with Gasteiger partial charge in [0.1, 0.15) is 0 Å². The van der Waals surface area contributed by atoms with Crippen LogP contribution in [0.1, 0.15) is 25.8 Å². The molecule has 0 spiro atoms. The van der Waals surface area contributed by atoms with Crippen molar-refractivity contribution in [3.63, 3.8) is 0 Å². The van der Waals surface area contributed by atoms with Gasteiger partial charge in [-0.3, -0.25) is 0 Å². The molecular formula is C14H18BrNO3. The quantitative estimate of drug-likeness (QED) is 0.926. The molecule has 2 atom stereocenters.